The van der Waals surface area contributed by atoms with Crippen molar-refractivity contribution in [1.82, 2.24) is 26.3 Å². The number of carbonyl (C=O) groups excluding carboxylic acids is 4. The Hall–Kier alpha value is -6.37. The van der Waals surface area contributed by atoms with E-state index in [4.69, 9.17) is 9.47 Å². The Kier molecular flexibility index (Phi) is 13.1. The first kappa shape index (κ1) is 39.8. The van der Waals surface area contributed by atoms with Crippen LogP contribution in [0.4, 0.5) is 4.79 Å². The molecule has 1 heterocycles. The van der Waals surface area contributed by atoms with Crippen LogP contribution >= 0.6 is 0 Å². The average molecular weight is 750 g/mol. The van der Waals surface area contributed by atoms with E-state index in [1.807, 2.05) is 84.9 Å². The number of methoxy groups -OCH3 is 1. The first-order chi connectivity index (χ1) is 26.3. The minimum Gasteiger partial charge on any atom is -0.496 e. The molecule has 0 saturated carbocycles. The third-order valence-electron chi connectivity index (χ3n) is 8.89. The minimum atomic E-state index is -1.46. The summed E-state index contributed by atoms with van der Waals surface area (Å²) in [7, 11) is 1.54. The van der Waals surface area contributed by atoms with Gasteiger partial charge in [0.2, 0.25) is 17.7 Å². The number of hydrogen-bond acceptors (Lipinski definition) is 7. The van der Waals surface area contributed by atoms with Crippen LogP contribution in [0.15, 0.2) is 97.2 Å². The highest BCUT2D eigenvalue weighted by Crippen LogP contribution is 2.21. The molecule has 3 atom stereocenters. The highest BCUT2D eigenvalue weighted by Gasteiger charge is 2.32. The van der Waals surface area contributed by atoms with Gasteiger partial charge in [0.1, 0.15) is 29.5 Å². The lowest BCUT2D eigenvalue weighted by atomic mass is 9.99. The van der Waals surface area contributed by atoms with E-state index >= 15 is 0 Å². The van der Waals surface area contributed by atoms with Gasteiger partial charge in [-0.1, -0.05) is 78.9 Å². The fourth-order valence-electron chi connectivity index (χ4n) is 6.27. The van der Waals surface area contributed by atoms with Gasteiger partial charge in [-0.25, -0.2) is 4.79 Å². The summed E-state index contributed by atoms with van der Waals surface area (Å²) in [5.74, 6) is -2.83. The Balaban J connectivity index is 1.40. The number of hydrogen-bond donors (Lipinski definition) is 6. The number of H-pyrrole nitrogens is 1. The van der Waals surface area contributed by atoms with Gasteiger partial charge in [-0.3, -0.25) is 19.2 Å². The summed E-state index contributed by atoms with van der Waals surface area (Å²) in [6.07, 6.45) is 0.664. The maximum atomic E-state index is 14.2. The normalized spacial score (nSPS) is 12.9. The van der Waals surface area contributed by atoms with Crippen molar-refractivity contribution in [3.8, 4) is 5.75 Å². The standard InChI is InChI=1S/C42H47N5O8/c1-42(2,3)55-41(53)47-34(23-30-25-44-32-15-9-8-14-31(30)32)40(52)45-33(22-26-17-18-27-11-5-6-13-29(27)21-26)39(51)46-35(24-37(48)49)38(50)43-20-19-28-12-7-10-16-36(28)54-4/h5-18,21,25,33-35,44H,19-20,22-24H2,1-4H3,(H,43,50)(H,45,52)(H,46,51)(H,47,53)(H,48,49)/t33-,34-,35-/m0/s1. The van der Waals surface area contributed by atoms with Crippen LogP contribution in [0.25, 0.3) is 21.7 Å². The molecule has 0 bridgehead atoms. The maximum absolute atomic E-state index is 14.2. The first-order valence-corrected chi connectivity index (χ1v) is 18.0. The summed E-state index contributed by atoms with van der Waals surface area (Å²) >= 11 is 0. The Morgan fingerprint density at radius 2 is 1.38 bits per heavy atom. The fourth-order valence-corrected chi connectivity index (χ4v) is 6.27. The monoisotopic (exact) mass is 749 g/mol. The second-order valence-corrected chi connectivity index (χ2v) is 14.2. The molecule has 0 fully saturated rings. The van der Waals surface area contributed by atoms with Crippen molar-refractivity contribution in [2.75, 3.05) is 13.7 Å². The average Bonchev–Trinajstić information content (AvgIpc) is 3.55. The molecule has 0 spiro atoms. The van der Waals surface area contributed by atoms with E-state index in [0.29, 0.717) is 17.7 Å². The summed E-state index contributed by atoms with van der Waals surface area (Å²) in [5.41, 5.74) is 2.27. The molecular formula is C42H47N5O8. The third-order valence-corrected chi connectivity index (χ3v) is 8.89. The molecule has 13 heteroatoms. The molecule has 4 amide bonds. The number of amides is 4. The number of ether oxygens (including phenoxy) is 2. The smallest absolute Gasteiger partial charge is 0.408 e. The largest absolute Gasteiger partial charge is 0.496 e. The molecule has 5 aromatic rings. The highest BCUT2D eigenvalue weighted by molar-refractivity contribution is 5.96. The van der Waals surface area contributed by atoms with Crippen molar-refractivity contribution in [2.45, 2.75) is 70.2 Å². The Bertz CT molecular complexity index is 2160. The second-order valence-electron chi connectivity index (χ2n) is 14.2. The van der Waals surface area contributed by atoms with Crippen molar-refractivity contribution in [3.05, 3.63) is 114 Å². The van der Waals surface area contributed by atoms with Gasteiger partial charge in [0.25, 0.3) is 0 Å². The molecule has 0 unspecified atom stereocenters. The van der Waals surface area contributed by atoms with Crippen LogP contribution in [0.3, 0.4) is 0 Å². The molecule has 4 aromatic carbocycles. The van der Waals surface area contributed by atoms with Crippen LogP contribution in [0.1, 0.15) is 43.9 Å². The van der Waals surface area contributed by atoms with E-state index in [-0.39, 0.29) is 19.4 Å². The number of aromatic amines is 1. The molecule has 5 rings (SSSR count). The molecule has 0 radical (unpaired) electrons. The molecular weight excluding hydrogens is 702 g/mol. The zero-order chi connectivity index (χ0) is 39.5. The molecule has 0 aliphatic heterocycles. The third kappa shape index (κ3) is 11.3. The van der Waals surface area contributed by atoms with Crippen LogP contribution in [-0.4, -0.2) is 77.3 Å². The van der Waals surface area contributed by atoms with Crippen LogP contribution in [0.2, 0.25) is 0 Å². The van der Waals surface area contributed by atoms with Crippen molar-refractivity contribution in [2.24, 2.45) is 0 Å². The van der Waals surface area contributed by atoms with Crippen molar-refractivity contribution in [1.29, 1.82) is 0 Å². The molecule has 55 heavy (non-hydrogen) atoms. The van der Waals surface area contributed by atoms with Gasteiger partial charge in [0.05, 0.1) is 13.5 Å². The lowest BCUT2D eigenvalue weighted by molar-refractivity contribution is -0.141. The van der Waals surface area contributed by atoms with Gasteiger partial charge >= 0.3 is 12.1 Å². The van der Waals surface area contributed by atoms with Gasteiger partial charge < -0.3 is 40.8 Å². The zero-order valence-corrected chi connectivity index (χ0v) is 31.3. The van der Waals surface area contributed by atoms with Crippen LogP contribution < -0.4 is 26.0 Å². The quantitative estimate of drug-likeness (QED) is 0.0829. The van der Waals surface area contributed by atoms with E-state index in [9.17, 15) is 29.1 Å². The summed E-state index contributed by atoms with van der Waals surface area (Å²) in [5, 5.41) is 23.2. The SMILES string of the molecule is COc1ccccc1CCNC(=O)[C@H](CC(=O)O)NC(=O)[C@H](Cc1ccc2ccccc2c1)NC(=O)[C@H](Cc1c[nH]c2ccccc12)NC(=O)OC(C)(C)C. The van der Waals surface area contributed by atoms with Crippen LogP contribution in [0, 0.1) is 0 Å². The predicted molar refractivity (Wildman–Crippen MR) is 209 cm³/mol. The predicted octanol–water partition coefficient (Wildman–Crippen LogP) is 4.81. The molecule has 0 saturated heterocycles. The van der Waals surface area contributed by atoms with Crippen molar-refractivity contribution >= 4 is 51.5 Å². The van der Waals surface area contributed by atoms with E-state index in [1.54, 1.807) is 40.1 Å². The van der Waals surface area contributed by atoms with E-state index in [0.717, 1.165) is 32.8 Å². The molecule has 288 valence electrons. The van der Waals surface area contributed by atoms with E-state index in [1.165, 1.54) is 0 Å². The number of nitrogens with one attached hydrogen (secondary N) is 5. The van der Waals surface area contributed by atoms with Crippen LogP contribution in [0.5, 0.6) is 5.75 Å². The van der Waals surface area contributed by atoms with Gasteiger partial charge in [-0.15, -0.1) is 0 Å². The van der Waals surface area contributed by atoms with Crippen molar-refractivity contribution < 1.29 is 38.6 Å². The number of alkyl carbamates (subject to hydrolysis) is 1. The Morgan fingerprint density at radius 3 is 2.11 bits per heavy atom. The highest BCUT2D eigenvalue weighted by atomic mass is 16.6. The van der Waals surface area contributed by atoms with Gasteiger partial charge in [0.15, 0.2) is 0 Å². The summed E-state index contributed by atoms with van der Waals surface area (Å²) in [4.78, 5) is 69.8. The molecule has 0 aliphatic rings. The summed E-state index contributed by atoms with van der Waals surface area (Å²) in [6.45, 7) is 5.25. The minimum absolute atomic E-state index is 0.0101. The number of carboxylic acid groups (broad SMARTS) is 1. The van der Waals surface area contributed by atoms with Gasteiger partial charge in [-0.05, 0) is 66.8 Å². The topological polar surface area (TPSA) is 188 Å². The zero-order valence-electron chi connectivity index (χ0n) is 31.3. The number of carbonyl (C=O) groups is 5. The van der Waals surface area contributed by atoms with Gasteiger partial charge in [0, 0.05) is 36.5 Å². The summed E-state index contributed by atoms with van der Waals surface area (Å²) in [6, 6.07) is 24.2. The summed E-state index contributed by atoms with van der Waals surface area (Å²) < 4.78 is 10.9. The molecule has 0 aliphatic carbocycles. The Labute approximate surface area is 319 Å². The number of aliphatic carboxylic acids is 1. The lowest BCUT2D eigenvalue weighted by Crippen LogP contribution is -2.58. The van der Waals surface area contributed by atoms with Crippen LogP contribution in [-0.2, 0) is 43.2 Å². The number of benzene rings is 4. The number of rotatable bonds is 16. The second kappa shape index (κ2) is 18.1. The molecule has 1 aromatic heterocycles. The number of carboxylic acids is 1. The van der Waals surface area contributed by atoms with Crippen molar-refractivity contribution in [3.63, 3.8) is 0 Å². The molecule has 6 N–H and O–H groups in total. The fraction of sp³-hybridized carbons (Fsp3) is 0.310. The number of fused-ring (bicyclic) bond motifs is 2. The number of para-hydroxylation sites is 2. The lowest BCUT2D eigenvalue weighted by Gasteiger charge is -2.26. The maximum Gasteiger partial charge on any atom is 0.408 e. The van der Waals surface area contributed by atoms with E-state index in [2.05, 4.69) is 26.3 Å². The number of aromatic nitrogens is 1. The Morgan fingerprint density at radius 1 is 0.727 bits per heavy atom. The molecule has 13 nitrogen and oxygen atoms in total. The van der Waals surface area contributed by atoms with E-state index < -0.39 is 59.9 Å². The first-order valence-electron chi connectivity index (χ1n) is 18.0. The van der Waals surface area contributed by atoms with Gasteiger partial charge in [-0.2, -0.15) is 0 Å².